The number of benzene rings is 1. The van der Waals surface area contributed by atoms with Crippen LogP contribution in [0.25, 0.3) is 0 Å². The molecule has 2 aliphatic rings. The highest BCUT2D eigenvalue weighted by Crippen LogP contribution is 2.37. The lowest BCUT2D eigenvalue weighted by molar-refractivity contribution is -0.143. The van der Waals surface area contributed by atoms with Crippen LogP contribution in [0.4, 0.5) is 36.8 Å². The Bertz CT molecular complexity index is 797. The number of rotatable bonds is 3. The zero-order valence-electron chi connectivity index (χ0n) is 17.0. The van der Waals surface area contributed by atoms with Crippen LogP contribution in [0.5, 0.6) is 0 Å². The third-order valence-electron chi connectivity index (χ3n) is 5.47. The van der Waals surface area contributed by atoms with Gasteiger partial charge in [-0.2, -0.15) is 26.3 Å². The van der Waals surface area contributed by atoms with Crippen LogP contribution in [0.3, 0.4) is 0 Å². The molecular formula is C20H23F6N3O3. The van der Waals surface area contributed by atoms with E-state index in [2.05, 4.69) is 5.32 Å². The molecule has 2 saturated heterocycles. The van der Waals surface area contributed by atoms with Crippen LogP contribution in [0.1, 0.15) is 43.2 Å². The van der Waals surface area contributed by atoms with Crippen molar-refractivity contribution in [3.63, 3.8) is 0 Å². The number of amides is 2. The minimum absolute atomic E-state index is 0.0174. The van der Waals surface area contributed by atoms with Crippen molar-refractivity contribution in [2.75, 3.05) is 25.0 Å². The quantitative estimate of drug-likeness (QED) is 0.647. The summed E-state index contributed by atoms with van der Waals surface area (Å²) in [5, 5.41) is 5.12. The van der Waals surface area contributed by atoms with Gasteiger partial charge in [-0.05, 0) is 37.6 Å². The molecule has 2 aliphatic heterocycles. The van der Waals surface area contributed by atoms with Crippen LogP contribution < -0.4 is 10.6 Å². The van der Waals surface area contributed by atoms with E-state index in [1.54, 1.807) is 4.90 Å². The minimum atomic E-state index is -5.02. The number of piperidine rings is 2. The lowest BCUT2D eigenvalue weighted by atomic mass is 10.0. The third kappa shape index (κ3) is 6.27. The van der Waals surface area contributed by atoms with Crippen molar-refractivity contribution < 1.29 is 40.7 Å². The van der Waals surface area contributed by atoms with E-state index in [0.29, 0.717) is 38.1 Å². The van der Waals surface area contributed by atoms with Gasteiger partial charge >= 0.3 is 18.4 Å². The zero-order chi connectivity index (χ0) is 23.5. The fourth-order valence-electron chi connectivity index (χ4n) is 3.80. The lowest BCUT2D eigenvalue weighted by Crippen LogP contribution is -2.51. The third-order valence-corrected chi connectivity index (χ3v) is 5.47. The fraction of sp³-hybridized carbons (Fsp3) is 0.600. The van der Waals surface area contributed by atoms with Crippen molar-refractivity contribution in [2.45, 2.75) is 56.6 Å². The smallest absolute Gasteiger partial charge is 0.416 e. The fourth-order valence-corrected chi connectivity index (χ4v) is 3.80. The Balaban J connectivity index is 1.56. The normalized spacial score (nSPS) is 20.7. The molecule has 2 amide bonds. The zero-order valence-corrected chi connectivity index (χ0v) is 17.0. The summed E-state index contributed by atoms with van der Waals surface area (Å²) in [6, 6.07) is 0.571. The van der Waals surface area contributed by atoms with Crippen molar-refractivity contribution in [1.82, 2.24) is 10.2 Å². The molecule has 0 bridgehead atoms. The number of nitrogens with zero attached hydrogens (tertiary/aromatic N) is 1. The van der Waals surface area contributed by atoms with Crippen molar-refractivity contribution in [3.8, 4) is 0 Å². The van der Waals surface area contributed by atoms with Gasteiger partial charge in [0.2, 0.25) is 5.91 Å². The average molecular weight is 467 g/mol. The molecule has 2 N–H and O–H groups in total. The molecule has 0 radical (unpaired) electrons. The molecule has 2 heterocycles. The SMILES string of the molecule is O=C(Nc1cc(C(F)(F)F)cc(C(F)(F)F)c1)OC1CCN(C(=O)C2CCCCN2)CC1. The van der Waals surface area contributed by atoms with E-state index in [-0.39, 0.29) is 18.0 Å². The second-order valence-corrected chi connectivity index (χ2v) is 7.85. The van der Waals surface area contributed by atoms with Gasteiger partial charge in [0.15, 0.2) is 0 Å². The molecule has 3 rings (SSSR count). The molecule has 178 valence electrons. The summed E-state index contributed by atoms with van der Waals surface area (Å²) in [6.07, 6.45) is -8.41. The van der Waals surface area contributed by atoms with E-state index in [0.717, 1.165) is 25.8 Å². The first-order chi connectivity index (χ1) is 14.9. The molecule has 1 aromatic carbocycles. The van der Waals surface area contributed by atoms with Crippen LogP contribution in [-0.2, 0) is 21.9 Å². The van der Waals surface area contributed by atoms with Gasteiger partial charge in [0, 0.05) is 31.6 Å². The van der Waals surface area contributed by atoms with Gasteiger partial charge in [0.1, 0.15) is 6.10 Å². The highest BCUT2D eigenvalue weighted by atomic mass is 19.4. The van der Waals surface area contributed by atoms with Crippen LogP contribution in [0.2, 0.25) is 0 Å². The summed E-state index contributed by atoms with van der Waals surface area (Å²) < 4.78 is 82.8. The number of carbonyl (C=O) groups excluding carboxylic acids is 2. The van der Waals surface area contributed by atoms with Gasteiger partial charge in [0.25, 0.3) is 0 Å². The molecule has 0 saturated carbocycles. The molecular weight excluding hydrogens is 444 g/mol. The van der Waals surface area contributed by atoms with Crippen LogP contribution >= 0.6 is 0 Å². The number of ether oxygens (including phenoxy) is 1. The Hall–Kier alpha value is -2.50. The van der Waals surface area contributed by atoms with Gasteiger partial charge in [-0.1, -0.05) is 6.42 Å². The molecule has 1 atom stereocenters. The molecule has 0 aromatic heterocycles. The Labute approximate surface area is 180 Å². The predicted molar refractivity (Wildman–Crippen MR) is 102 cm³/mol. The second kappa shape index (κ2) is 9.55. The molecule has 0 spiro atoms. The van der Waals surface area contributed by atoms with Gasteiger partial charge < -0.3 is 15.0 Å². The number of likely N-dealkylation sites (tertiary alicyclic amines) is 1. The minimum Gasteiger partial charge on any atom is -0.446 e. The molecule has 2 fully saturated rings. The summed E-state index contributed by atoms with van der Waals surface area (Å²) in [6.45, 7) is 1.47. The maximum absolute atomic E-state index is 12.9. The van der Waals surface area contributed by atoms with Crippen LogP contribution in [0.15, 0.2) is 18.2 Å². The summed E-state index contributed by atoms with van der Waals surface area (Å²) in [5.41, 5.74) is -3.75. The van der Waals surface area contributed by atoms with Crippen LogP contribution in [0, 0.1) is 0 Å². The average Bonchev–Trinajstić information content (AvgIpc) is 2.73. The Morgan fingerprint density at radius 1 is 0.938 bits per heavy atom. The Morgan fingerprint density at radius 2 is 1.53 bits per heavy atom. The number of alkyl halides is 6. The number of anilines is 1. The topological polar surface area (TPSA) is 70.7 Å². The highest BCUT2D eigenvalue weighted by Gasteiger charge is 2.37. The first kappa shape index (κ1) is 24.1. The Kier molecular flexibility index (Phi) is 7.21. The van der Waals surface area contributed by atoms with Crippen molar-refractivity contribution >= 4 is 17.7 Å². The molecule has 1 unspecified atom stereocenters. The molecule has 0 aliphatic carbocycles. The first-order valence-electron chi connectivity index (χ1n) is 10.2. The monoisotopic (exact) mass is 467 g/mol. The summed E-state index contributed by atoms with van der Waals surface area (Å²) in [5.74, 6) is -0.0174. The van der Waals surface area contributed by atoms with Gasteiger partial charge in [0.05, 0.1) is 17.2 Å². The van der Waals surface area contributed by atoms with E-state index in [1.165, 1.54) is 0 Å². The van der Waals surface area contributed by atoms with E-state index >= 15 is 0 Å². The number of nitrogens with one attached hydrogen (secondary N) is 2. The van der Waals surface area contributed by atoms with Crippen molar-refractivity contribution in [2.24, 2.45) is 0 Å². The number of carbonyl (C=O) groups is 2. The maximum atomic E-state index is 12.9. The summed E-state index contributed by atoms with van der Waals surface area (Å²) in [4.78, 5) is 26.3. The van der Waals surface area contributed by atoms with Gasteiger partial charge in [-0.15, -0.1) is 0 Å². The number of hydrogen-bond donors (Lipinski definition) is 2. The van der Waals surface area contributed by atoms with E-state index in [4.69, 9.17) is 4.74 Å². The highest BCUT2D eigenvalue weighted by molar-refractivity contribution is 5.85. The van der Waals surface area contributed by atoms with Crippen LogP contribution in [-0.4, -0.2) is 48.7 Å². The van der Waals surface area contributed by atoms with Gasteiger partial charge in [-0.25, -0.2) is 4.79 Å². The molecule has 1 aromatic rings. The standard InChI is InChI=1S/C20H23F6N3O3/c21-19(22,23)12-9-13(20(24,25)26)11-14(10-12)28-18(31)32-15-4-7-29(8-5-15)17(30)16-3-1-2-6-27-16/h9-11,15-16,27H,1-8H2,(H,28,31). The maximum Gasteiger partial charge on any atom is 0.416 e. The number of halogens is 6. The summed E-state index contributed by atoms with van der Waals surface area (Å²) >= 11 is 0. The lowest BCUT2D eigenvalue weighted by Gasteiger charge is -2.35. The second-order valence-electron chi connectivity index (χ2n) is 7.85. The molecule has 12 heteroatoms. The van der Waals surface area contributed by atoms with E-state index < -0.39 is 41.4 Å². The van der Waals surface area contributed by atoms with Crippen molar-refractivity contribution in [3.05, 3.63) is 29.3 Å². The molecule has 32 heavy (non-hydrogen) atoms. The van der Waals surface area contributed by atoms with Gasteiger partial charge in [-0.3, -0.25) is 10.1 Å². The van der Waals surface area contributed by atoms with Crippen molar-refractivity contribution in [1.29, 1.82) is 0 Å². The first-order valence-corrected chi connectivity index (χ1v) is 10.2. The Morgan fingerprint density at radius 3 is 2.03 bits per heavy atom. The summed E-state index contributed by atoms with van der Waals surface area (Å²) in [7, 11) is 0. The molecule has 6 nitrogen and oxygen atoms in total. The largest absolute Gasteiger partial charge is 0.446 e. The van der Waals surface area contributed by atoms with E-state index in [9.17, 15) is 35.9 Å². The van der Waals surface area contributed by atoms with E-state index in [1.807, 2.05) is 5.32 Å². The number of hydrogen-bond acceptors (Lipinski definition) is 4. The predicted octanol–water partition coefficient (Wildman–Crippen LogP) is 4.41.